The molecule has 0 fully saturated rings. The largest absolute Gasteiger partial charge is 0.416 e. The number of amides is 1. The fraction of sp³-hybridized carbons (Fsp3) is 0.200. The highest BCUT2D eigenvalue weighted by Gasteiger charge is 2.30. The quantitative estimate of drug-likeness (QED) is 0.728. The van der Waals surface area contributed by atoms with Crippen LogP contribution in [0.5, 0.6) is 0 Å². The number of fused-ring (bicyclic) bond motifs is 1. The number of hydrogen-bond donors (Lipinski definition) is 1. The molecule has 0 unspecified atom stereocenters. The standard InChI is InChI=1S/C20H17F3N2O2/c1-3-25-11-16(18(26)15-9-12(2)7-8-17(15)25)19(27)24-14-6-4-5-13(10-14)20(21,22)23/h4-11H,3H2,1-2H3,(H,24,27). The minimum absolute atomic E-state index is 0.0263. The predicted molar refractivity (Wildman–Crippen MR) is 98.0 cm³/mol. The first-order chi connectivity index (χ1) is 12.7. The molecule has 0 aliphatic carbocycles. The Morgan fingerprint density at radius 2 is 1.89 bits per heavy atom. The molecule has 0 radical (unpaired) electrons. The number of carbonyl (C=O) groups excluding carboxylic acids is 1. The lowest BCUT2D eigenvalue weighted by Gasteiger charge is -2.13. The molecule has 0 bridgehead atoms. The number of nitrogens with one attached hydrogen (secondary N) is 1. The molecule has 0 aliphatic heterocycles. The van der Waals surface area contributed by atoms with Crippen LogP contribution >= 0.6 is 0 Å². The van der Waals surface area contributed by atoms with Gasteiger partial charge in [0.15, 0.2) is 0 Å². The molecular weight excluding hydrogens is 357 g/mol. The highest BCUT2D eigenvalue weighted by molar-refractivity contribution is 6.05. The van der Waals surface area contributed by atoms with Crippen LogP contribution in [0.2, 0.25) is 0 Å². The van der Waals surface area contributed by atoms with Crippen molar-refractivity contribution in [3.8, 4) is 0 Å². The van der Waals surface area contributed by atoms with E-state index in [9.17, 15) is 22.8 Å². The first-order valence-electron chi connectivity index (χ1n) is 8.33. The Morgan fingerprint density at radius 1 is 1.15 bits per heavy atom. The maximum absolute atomic E-state index is 12.8. The van der Waals surface area contributed by atoms with Crippen molar-refractivity contribution in [2.45, 2.75) is 26.6 Å². The number of pyridine rings is 1. The fourth-order valence-electron chi connectivity index (χ4n) is 2.91. The van der Waals surface area contributed by atoms with Crippen molar-refractivity contribution in [2.75, 3.05) is 5.32 Å². The summed E-state index contributed by atoms with van der Waals surface area (Å²) in [6, 6.07) is 9.68. The van der Waals surface area contributed by atoms with Gasteiger partial charge in [-0.3, -0.25) is 9.59 Å². The number of rotatable bonds is 3. The number of benzene rings is 2. The van der Waals surface area contributed by atoms with E-state index in [1.165, 1.54) is 18.3 Å². The lowest BCUT2D eigenvalue weighted by Crippen LogP contribution is -2.24. The normalized spacial score (nSPS) is 11.6. The van der Waals surface area contributed by atoms with E-state index < -0.39 is 23.1 Å². The zero-order valence-corrected chi connectivity index (χ0v) is 14.7. The smallest absolute Gasteiger partial charge is 0.347 e. The van der Waals surface area contributed by atoms with E-state index >= 15 is 0 Å². The van der Waals surface area contributed by atoms with Gasteiger partial charge in [0, 0.05) is 23.8 Å². The van der Waals surface area contributed by atoms with E-state index in [4.69, 9.17) is 0 Å². The summed E-state index contributed by atoms with van der Waals surface area (Å²) in [5, 5.41) is 2.79. The van der Waals surface area contributed by atoms with Gasteiger partial charge in [-0.2, -0.15) is 13.2 Å². The summed E-state index contributed by atoms with van der Waals surface area (Å²) in [5.74, 6) is -0.745. The molecule has 1 N–H and O–H groups in total. The van der Waals surface area contributed by atoms with Crippen LogP contribution in [-0.4, -0.2) is 10.5 Å². The molecule has 1 heterocycles. The summed E-state index contributed by atoms with van der Waals surface area (Å²) >= 11 is 0. The number of carbonyl (C=O) groups is 1. The van der Waals surface area contributed by atoms with Crippen LogP contribution in [0.4, 0.5) is 18.9 Å². The molecule has 0 atom stereocenters. The second-order valence-electron chi connectivity index (χ2n) is 6.21. The Hall–Kier alpha value is -3.09. The third-order valence-corrected chi connectivity index (χ3v) is 4.27. The summed E-state index contributed by atoms with van der Waals surface area (Å²) in [7, 11) is 0. The minimum atomic E-state index is -4.52. The zero-order valence-electron chi connectivity index (χ0n) is 14.7. The molecule has 4 nitrogen and oxygen atoms in total. The summed E-state index contributed by atoms with van der Waals surface area (Å²) in [5.41, 5.74) is 0.0960. The van der Waals surface area contributed by atoms with Crippen LogP contribution in [-0.2, 0) is 12.7 Å². The molecule has 0 spiro atoms. The summed E-state index contributed by atoms with van der Waals surface area (Å²) < 4.78 is 40.3. The lowest BCUT2D eigenvalue weighted by molar-refractivity contribution is -0.137. The van der Waals surface area contributed by atoms with Crippen molar-refractivity contribution in [1.82, 2.24) is 4.57 Å². The third kappa shape index (κ3) is 3.72. The number of alkyl halides is 3. The molecule has 0 aliphatic rings. The van der Waals surface area contributed by atoms with E-state index in [-0.39, 0.29) is 11.3 Å². The molecule has 2 aromatic carbocycles. The molecule has 27 heavy (non-hydrogen) atoms. The van der Waals surface area contributed by atoms with E-state index in [0.29, 0.717) is 17.4 Å². The lowest BCUT2D eigenvalue weighted by atomic mass is 10.1. The van der Waals surface area contributed by atoms with Crippen molar-refractivity contribution in [2.24, 2.45) is 0 Å². The molecule has 0 saturated carbocycles. The Balaban J connectivity index is 2.04. The second kappa shape index (κ2) is 6.90. The molecule has 7 heteroatoms. The third-order valence-electron chi connectivity index (χ3n) is 4.27. The van der Waals surface area contributed by atoms with Crippen LogP contribution in [0, 0.1) is 6.92 Å². The molecule has 3 aromatic rings. The monoisotopic (exact) mass is 374 g/mol. The Bertz CT molecular complexity index is 1080. The number of aryl methyl sites for hydroxylation is 2. The number of halogens is 3. The highest BCUT2D eigenvalue weighted by atomic mass is 19.4. The Labute approximate surface area is 153 Å². The van der Waals surface area contributed by atoms with Gasteiger partial charge in [-0.15, -0.1) is 0 Å². The van der Waals surface area contributed by atoms with Gasteiger partial charge in [0.25, 0.3) is 5.91 Å². The second-order valence-corrected chi connectivity index (χ2v) is 6.21. The molecule has 1 aromatic heterocycles. The van der Waals surface area contributed by atoms with Gasteiger partial charge in [-0.25, -0.2) is 0 Å². The molecule has 0 saturated heterocycles. The minimum Gasteiger partial charge on any atom is -0.347 e. The number of anilines is 1. The van der Waals surface area contributed by atoms with Gasteiger partial charge in [0.2, 0.25) is 5.43 Å². The summed E-state index contributed by atoms with van der Waals surface area (Å²) in [4.78, 5) is 25.3. The van der Waals surface area contributed by atoms with Gasteiger partial charge in [-0.05, 0) is 44.2 Å². The van der Waals surface area contributed by atoms with Crippen molar-refractivity contribution in [1.29, 1.82) is 0 Å². The summed E-state index contributed by atoms with van der Waals surface area (Å²) in [6.07, 6.45) is -3.08. The van der Waals surface area contributed by atoms with E-state index in [0.717, 1.165) is 17.7 Å². The van der Waals surface area contributed by atoms with Gasteiger partial charge < -0.3 is 9.88 Å². The van der Waals surface area contributed by atoms with Crippen LogP contribution in [0.3, 0.4) is 0 Å². The fourth-order valence-corrected chi connectivity index (χ4v) is 2.91. The van der Waals surface area contributed by atoms with Gasteiger partial charge >= 0.3 is 6.18 Å². The molecule has 3 rings (SSSR count). The average molecular weight is 374 g/mol. The Kier molecular flexibility index (Phi) is 4.78. The van der Waals surface area contributed by atoms with Crippen LogP contribution < -0.4 is 10.7 Å². The van der Waals surface area contributed by atoms with Crippen LogP contribution in [0.25, 0.3) is 10.9 Å². The van der Waals surface area contributed by atoms with Crippen molar-refractivity contribution in [3.63, 3.8) is 0 Å². The molecule has 140 valence electrons. The summed E-state index contributed by atoms with van der Waals surface area (Å²) in [6.45, 7) is 4.24. The van der Waals surface area contributed by atoms with Crippen molar-refractivity contribution >= 4 is 22.5 Å². The maximum Gasteiger partial charge on any atom is 0.416 e. The first-order valence-corrected chi connectivity index (χ1v) is 8.33. The van der Waals surface area contributed by atoms with Crippen molar-refractivity contribution in [3.05, 3.63) is 75.6 Å². The van der Waals surface area contributed by atoms with Crippen LogP contribution in [0.15, 0.2) is 53.5 Å². The first kappa shape index (κ1) is 18.7. The zero-order chi connectivity index (χ0) is 19.8. The van der Waals surface area contributed by atoms with E-state index in [1.54, 1.807) is 10.6 Å². The SMILES string of the molecule is CCn1cc(C(=O)Nc2cccc(C(F)(F)F)c2)c(=O)c2cc(C)ccc21. The molecular formula is C20H17F3N2O2. The topological polar surface area (TPSA) is 51.1 Å². The number of hydrogen-bond acceptors (Lipinski definition) is 2. The Morgan fingerprint density at radius 3 is 2.56 bits per heavy atom. The maximum atomic E-state index is 12.8. The van der Waals surface area contributed by atoms with Gasteiger partial charge in [-0.1, -0.05) is 17.7 Å². The van der Waals surface area contributed by atoms with E-state index in [2.05, 4.69) is 5.32 Å². The number of nitrogens with zero attached hydrogens (tertiary/aromatic N) is 1. The average Bonchev–Trinajstić information content (AvgIpc) is 2.62. The van der Waals surface area contributed by atoms with Gasteiger partial charge in [0.05, 0.1) is 11.1 Å². The number of aromatic nitrogens is 1. The predicted octanol–water partition coefficient (Wildman–Crippen LogP) is 4.60. The highest BCUT2D eigenvalue weighted by Crippen LogP contribution is 2.30. The van der Waals surface area contributed by atoms with E-state index in [1.807, 2.05) is 26.0 Å². The van der Waals surface area contributed by atoms with Crippen LogP contribution in [0.1, 0.15) is 28.4 Å². The molecule has 1 amide bonds. The van der Waals surface area contributed by atoms with Crippen molar-refractivity contribution < 1.29 is 18.0 Å². The van der Waals surface area contributed by atoms with Gasteiger partial charge in [0.1, 0.15) is 5.56 Å².